The maximum Gasteiger partial charge on any atom is 0.255 e. The molecule has 0 aliphatic carbocycles. The summed E-state index contributed by atoms with van der Waals surface area (Å²) in [7, 11) is 0. The van der Waals surface area contributed by atoms with Crippen molar-refractivity contribution in [2.24, 2.45) is 5.92 Å². The van der Waals surface area contributed by atoms with Gasteiger partial charge in [0, 0.05) is 18.7 Å². The molecule has 1 aromatic rings. The van der Waals surface area contributed by atoms with Crippen LogP contribution in [0.3, 0.4) is 0 Å². The van der Waals surface area contributed by atoms with Gasteiger partial charge in [-0.1, -0.05) is 32.0 Å². The molecule has 1 aliphatic heterocycles. The van der Waals surface area contributed by atoms with Gasteiger partial charge in [-0.25, -0.2) is 0 Å². The Balaban J connectivity index is 1.96. The normalized spacial score (nSPS) is 15.4. The molecule has 0 spiro atoms. The lowest BCUT2D eigenvalue weighted by Gasteiger charge is -2.23. The molecule has 0 aromatic heterocycles. The zero-order chi connectivity index (χ0) is 14.7. The lowest BCUT2D eigenvalue weighted by atomic mass is 10.1. The fraction of sp³-hybridized carbons (Fsp3) is 0.500. The zero-order valence-corrected chi connectivity index (χ0v) is 12.3. The second kappa shape index (κ2) is 6.07. The van der Waals surface area contributed by atoms with E-state index in [0.717, 1.165) is 12.0 Å². The van der Waals surface area contributed by atoms with E-state index in [0.29, 0.717) is 24.6 Å². The molecule has 0 bridgehead atoms. The van der Waals surface area contributed by atoms with Crippen molar-refractivity contribution in [1.29, 1.82) is 0 Å². The zero-order valence-electron chi connectivity index (χ0n) is 12.3. The summed E-state index contributed by atoms with van der Waals surface area (Å²) in [4.78, 5) is 26.0. The van der Waals surface area contributed by atoms with Gasteiger partial charge in [-0.2, -0.15) is 0 Å². The van der Waals surface area contributed by atoms with Crippen molar-refractivity contribution < 1.29 is 9.59 Å². The number of nitrogens with zero attached hydrogens (tertiary/aromatic N) is 1. The average molecular weight is 274 g/mol. The molecular weight excluding hydrogens is 252 g/mol. The summed E-state index contributed by atoms with van der Waals surface area (Å²) >= 11 is 0. The molecule has 20 heavy (non-hydrogen) atoms. The Morgan fingerprint density at radius 3 is 2.65 bits per heavy atom. The Hall–Kier alpha value is -1.84. The molecule has 1 atom stereocenters. The van der Waals surface area contributed by atoms with Crippen molar-refractivity contribution in [3.63, 3.8) is 0 Å². The topological polar surface area (TPSA) is 49.4 Å². The summed E-state index contributed by atoms with van der Waals surface area (Å²) in [5, 5.41) is 2.91. The lowest BCUT2D eigenvalue weighted by molar-refractivity contribution is -0.125. The summed E-state index contributed by atoms with van der Waals surface area (Å²) in [6.45, 7) is 7.21. The fourth-order valence-corrected chi connectivity index (χ4v) is 2.36. The van der Waals surface area contributed by atoms with Crippen molar-refractivity contribution in [1.82, 2.24) is 10.2 Å². The molecule has 108 valence electrons. The lowest BCUT2D eigenvalue weighted by Crippen LogP contribution is -2.45. The first kappa shape index (κ1) is 14.6. The highest BCUT2D eigenvalue weighted by molar-refractivity contribution is 6.00. The van der Waals surface area contributed by atoms with Crippen LogP contribution in [0, 0.1) is 5.92 Å². The second-order valence-electron chi connectivity index (χ2n) is 5.74. The van der Waals surface area contributed by atoms with E-state index in [4.69, 9.17) is 0 Å². The van der Waals surface area contributed by atoms with Crippen molar-refractivity contribution in [3.8, 4) is 0 Å². The maximum absolute atomic E-state index is 12.3. The summed E-state index contributed by atoms with van der Waals surface area (Å²) in [5.41, 5.74) is 1.72. The van der Waals surface area contributed by atoms with E-state index < -0.39 is 6.04 Å². The second-order valence-corrected chi connectivity index (χ2v) is 5.74. The van der Waals surface area contributed by atoms with Gasteiger partial charge in [-0.3, -0.25) is 9.59 Å². The highest BCUT2D eigenvalue weighted by Crippen LogP contribution is 2.24. The van der Waals surface area contributed by atoms with Gasteiger partial charge >= 0.3 is 0 Å². The van der Waals surface area contributed by atoms with Crippen LogP contribution in [-0.2, 0) is 11.3 Å². The number of benzene rings is 1. The van der Waals surface area contributed by atoms with E-state index in [2.05, 4.69) is 19.2 Å². The van der Waals surface area contributed by atoms with Crippen molar-refractivity contribution in [2.45, 2.75) is 39.8 Å². The van der Waals surface area contributed by atoms with Gasteiger partial charge < -0.3 is 10.2 Å². The Morgan fingerprint density at radius 1 is 1.30 bits per heavy atom. The predicted molar refractivity (Wildman–Crippen MR) is 78.2 cm³/mol. The summed E-state index contributed by atoms with van der Waals surface area (Å²) in [5.74, 6) is 0.433. The van der Waals surface area contributed by atoms with Crippen LogP contribution in [0.2, 0.25) is 0 Å². The van der Waals surface area contributed by atoms with Crippen LogP contribution < -0.4 is 5.32 Å². The number of fused-ring (bicyclic) bond motifs is 1. The highest BCUT2D eigenvalue weighted by Gasteiger charge is 2.33. The maximum atomic E-state index is 12.3. The SMILES string of the molecule is CC(C)CCNC(=O)C(C)N1Cc2ccccc2C1=O. The van der Waals surface area contributed by atoms with Crippen LogP contribution in [0.15, 0.2) is 24.3 Å². The minimum Gasteiger partial charge on any atom is -0.354 e. The molecule has 0 fully saturated rings. The Kier molecular flexibility index (Phi) is 4.42. The van der Waals surface area contributed by atoms with Gasteiger partial charge in [0.1, 0.15) is 6.04 Å². The first-order valence-corrected chi connectivity index (χ1v) is 7.17. The summed E-state index contributed by atoms with van der Waals surface area (Å²) in [6.07, 6.45) is 0.951. The smallest absolute Gasteiger partial charge is 0.255 e. The Labute approximate surface area is 120 Å². The minimum absolute atomic E-state index is 0.0490. The van der Waals surface area contributed by atoms with E-state index in [1.807, 2.05) is 24.3 Å². The third kappa shape index (κ3) is 3.00. The number of rotatable bonds is 5. The Bertz CT molecular complexity index is 511. The molecule has 0 radical (unpaired) electrons. The quantitative estimate of drug-likeness (QED) is 0.895. The van der Waals surface area contributed by atoms with Gasteiger partial charge in [0.2, 0.25) is 5.91 Å². The van der Waals surface area contributed by atoms with Gasteiger partial charge in [0.25, 0.3) is 5.91 Å². The van der Waals surface area contributed by atoms with Crippen molar-refractivity contribution >= 4 is 11.8 Å². The molecule has 0 saturated carbocycles. The van der Waals surface area contributed by atoms with Crippen molar-refractivity contribution in [2.75, 3.05) is 6.54 Å². The molecule has 1 N–H and O–H groups in total. The Morgan fingerprint density at radius 2 is 2.00 bits per heavy atom. The number of hydrogen-bond acceptors (Lipinski definition) is 2. The molecule has 0 saturated heterocycles. The molecule has 1 aliphatic rings. The van der Waals surface area contributed by atoms with Crippen LogP contribution in [0.5, 0.6) is 0 Å². The minimum atomic E-state index is -0.429. The standard InChI is InChI=1S/C16H22N2O2/c1-11(2)8-9-17-15(19)12(3)18-10-13-6-4-5-7-14(13)16(18)20/h4-7,11-12H,8-10H2,1-3H3,(H,17,19). The first-order valence-electron chi connectivity index (χ1n) is 7.17. The molecular formula is C16H22N2O2. The van der Waals surface area contributed by atoms with Gasteiger partial charge in [-0.15, -0.1) is 0 Å². The van der Waals surface area contributed by atoms with Crippen LogP contribution in [0.25, 0.3) is 0 Å². The average Bonchev–Trinajstić information content (AvgIpc) is 2.75. The number of amides is 2. The molecule has 4 nitrogen and oxygen atoms in total. The van der Waals surface area contributed by atoms with Gasteiger partial charge in [-0.05, 0) is 30.9 Å². The van der Waals surface area contributed by atoms with E-state index in [9.17, 15) is 9.59 Å². The first-order chi connectivity index (χ1) is 9.50. The molecule has 1 heterocycles. The molecule has 2 rings (SSSR count). The van der Waals surface area contributed by atoms with Crippen LogP contribution in [-0.4, -0.2) is 29.3 Å². The molecule has 2 amide bonds. The molecule has 1 unspecified atom stereocenters. The number of nitrogens with one attached hydrogen (secondary N) is 1. The fourth-order valence-electron chi connectivity index (χ4n) is 2.36. The van der Waals surface area contributed by atoms with Crippen LogP contribution in [0.4, 0.5) is 0 Å². The monoisotopic (exact) mass is 274 g/mol. The van der Waals surface area contributed by atoms with E-state index >= 15 is 0 Å². The molecule has 4 heteroatoms. The van der Waals surface area contributed by atoms with E-state index in [1.165, 1.54) is 0 Å². The van der Waals surface area contributed by atoms with Crippen LogP contribution in [0.1, 0.15) is 43.1 Å². The number of carbonyl (C=O) groups excluding carboxylic acids is 2. The van der Waals surface area contributed by atoms with E-state index in [-0.39, 0.29) is 11.8 Å². The van der Waals surface area contributed by atoms with E-state index in [1.54, 1.807) is 11.8 Å². The summed E-state index contributed by atoms with van der Waals surface area (Å²) in [6, 6.07) is 7.11. The predicted octanol–water partition coefficient (Wildman–Crippen LogP) is 2.19. The van der Waals surface area contributed by atoms with Crippen molar-refractivity contribution in [3.05, 3.63) is 35.4 Å². The number of hydrogen-bond donors (Lipinski definition) is 1. The van der Waals surface area contributed by atoms with Gasteiger partial charge in [0.15, 0.2) is 0 Å². The number of carbonyl (C=O) groups is 2. The third-order valence-electron chi connectivity index (χ3n) is 3.72. The largest absolute Gasteiger partial charge is 0.354 e. The third-order valence-corrected chi connectivity index (χ3v) is 3.72. The van der Waals surface area contributed by atoms with Gasteiger partial charge in [0.05, 0.1) is 0 Å². The summed E-state index contributed by atoms with van der Waals surface area (Å²) < 4.78 is 0. The molecule has 1 aromatic carbocycles. The highest BCUT2D eigenvalue weighted by atomic mass is 16.2. The van der Waals surface area contributed by atoms with Crippen LogP contribution >= 0.6 is 0 Å².